The number of nitrogens with one attached hydrogen (secondary N) is 2. The van der Waals surface area contributed by atoms with Gasteiger partial charge in [-0.3, -0.25) is 9.71 Å². The van der Waals surface area contributed by atoms with Crippen LogP contribution in [0, 0.1) is 6.92 Å². The number of anilines is 2. The third-order valence-corrected chi connectivity index (χ3v) is 10.9. The predicted octanol–water partition coefficient (Wildman–Crippen LogP) is 10.1. The Bertz CT molecular complexity index is 2160. The molecule has 0 atom stereocenters. The molecule has 0 unspecified atom stereocenters. The van der Waals surface area contributed by atoms with Gasteiger partial charge in [0.2, 0.25) is 0 Å². The lowest BCUT2D eigenvalue weighted by Crippen LogP contribution is -2.16. The lowest BCUT2D eigenvalue weighted by molar-refractivity contribution is 0.595. The summed E-state index contributed by atoms with van der Waals surface area (Å²) in [6.45, 7) is 5.63. The molecule has 0 spiro atoms. The van der Waals surface area contributed by atoms with E-state index in [1.807, 2.05) is 67.6 Å². The van der Waals surface area contributed by atoms with E-state index >= 15 is 0 Å². The highest BCUT2D eigenvalue weighted by Crippen LogP contribution is 2.44. The van der Waals surface area contributed by atoms with Crippen LogP contribution in [0.15, 0.2) is 129 Å². The number of hydrogen-bond acceptors (Lipinski definition) is 15. The van der Waals surface area contributed by atoms with Crippen molar-refractivity contribution in [2.75, 3.05) is 22.8 Å². The first kappa shape index (κ1) is 35.8. The third kappa shape index (κ3) is 8.37. The number of aliphatic imine (C=N–C) groups is 1. The number of sulfone groups is 1. The highest BCUT2D eigenvalue weighted by atomic mass is 32.2. The molecule has 10 nitrogen and oxygen atoms in total. The third-order valence-electron chi connectivity index (χ3n) is 7.10. The molecule has 246 valence electrons. The normalized spacial score (nSPS) is 11.9. The number of thiol groups is 4. The molecule has 0 fully saturated rings. The molecule has 0 aliphatic heterocycles. The summed E-state index contributed by atoms with van der Waals surface area (Å²) in [7, 11) is -3.51. The number of nitrogens with zero attached hydrogens (tertiary/aromatic N) is 5. The molecule has 5 aromatic rings. The number of nitrogen functional groups attached to an aromatic ring is 1. The van der Waals surface area contributed by atoms with Gasteiger partial charge in [-0.25, -0.2) is 8.42 Å². The number of aryl methyl sites for hydroxylation is 1. The van der Waals surface area contributed by atoms with Gasteiger partial charge in [-0.2, -0.15) is 5.11 Å². The van der Waals surface area contributed by atoms with Crippen LogP contribution in [0.3, 0.4) is 0 Å². The molecular formula is C32H30N8O2S6. The summed E-state index contributed by atoms with van der Waals surface area (Å²) < 4.78 is 30.9. The lowest BCUT2D eigenvalue weighted by Gasteiger charge is -2.14. The summed E-state index contributed by atoms with van der Waals surface area (Å²) in [6.07, 6.45) is 0. The van der Waals surface area contributed by atoms with Gasteiger partial charge >= 0.3 is 0 Å². The SMILES string of the molecule is C=Nc1ccc(NSc2ccc(N=Nc3c(S)cc4cc(S)c(N=Nc5ccc(S(=O)(=O)CCNS)cc5S)c(N)c4c3C)cc2)cc1. The second kappa shape index (κ2) is 15.8. The maximum absolute atomic E-state index is 12.5. The summed E-state index contributed by atoms with van der Waals surface area (Å²) >= 11 is 19.1. The average Bonchev–Trinajstić information content (AvgIpc) is 3.07. The number of fused-ring (bicyclic) bond motifs is 1. The van der Waals surface area contributed by atoms with Gasteiger partial charge in [0.15, 0.2) is 9.84 Å². The van der Waals surface area contributed by atoms with Gasteiger partial charge in [0, 0.05) is 37.2 Å². The van der Waals surface area contributed by atoms with Crippen LogP contribution in [0.4, 0.5) is 39.8 Å². The van der Waals surface area contributed by atoms with E-state index in [2.05, 4.69) is 92.3 Å². The predicted molar refractivity (Wildman–Crippen MR) is 210 cm³/mol. The second-order valence-corrected chi connectivity index (χ2v) is 15.1. The van der Waals surface area contributed by atoms with Crippen LogP contribution in [0.1, 0.15) is 5.56 Å². The van der Waals surface area contributed by atoms with E-state index in [4.69, 9.17) is 5.73 Å². The van der Waals surface area contributed by atoms with Crippen LogP contribution < -0.4 is 15.2 Å². The first-order valence-corrected chi connectivity index (χ1v) is 18.4. The van der Waals surface area contributed by atoms with Crippen molar-refractivity contribution in [1.82, 2.24) is 4.72 Å². The minimum atomic E-state index is -3.51. The minimum absolute atomic E-state index is 0.106. The zero-order valence-electron chi connectivity index (χ0n) is 25.4. The Balaban J connectivity index is 1.37. The Labute approximate surface area is 305 Å². The Hall–Kier alpha value is -3.51. The van der Waals surface area contributed by atoms with Gasteiger partial charge in [-0.15, -0.1) is 53.2 Å². The molecule has 0 saturated carbocycles. The molecule has 0 amide bonds. The van der Waals surface area contributed by atoms with E-state index in [9.17, 15) is 8.42 Å². The first-order valence-electron chi connectivity index (χ1n) is 14.1. The monoisotopic (exact) mass is 750 g/mol. The van der Waals surface area contributed by atoms with Gasteiger partial charge < -0.3 is 10.5 Å². The zero-order chi connectivity index (χ0) is 34.4. The van der Waals surface area contributed by atoms with Crippen LogP contribution >= 0.6 is 62.6 Å². The molecule has 0 saturated heterocycles. The molecule has 0 radical (unpaired) electrons. The summed E-state index contributed by atoms with van der Waals surface area (Å²) in [5, 5.41) is 19.2. The molecule has 0 aromatic heterocycles. The van der Waals surface area contributed by atoms with Crippen molar-refractivity contribution in [3.05, 3.63) is 84.4 Å². The molecule has 5 aromatic carbocycles. The Morgan fingerprint density at radius 1 is 0.812 bits per heavy atom. The Morgan fingerprint density at radius 2 is 1.46 bits per heavy atom. The fourth-order valence-corrected chi connectivity index (χ4v) is 7.70. The van der Waals surface area contributed by atoms with Crippen LogP contribution in [0.25, 0.3) is 10.8 Å². The molecule has 48 heavy (non-hydrogen) atoms. The van der Waals surface area contributed by atoms with Gasteiger partial charge in [-0.05, 0) is 115 Å². The van der Waals surface area contributed by atoms with Crippen molar-refractivity contribution in [3.8, 4) is 0 Å². The highest BCUT2D eigenvalue weighted by molar-refractivity contribution is 8.00. The molecule has 4 N–H and O–H groups in total. The number of rotatable bonds is 12. The van der Waals surface area contributed by atoms with E-state index in [0.29, 0.717) is 48.5 Å². The summed E-state index contributed by atoms with van der Waals surface area (Å²) in [4.78, 5) is 6.51. The van der Waals surface area contributed by atoms with E-state index < -0.39 is 9.84 Å². The average molecular weight is 751 g/mol. The Kier molecular flexibility index (Phi) is 11.8. The molecular weight excluding hydrogens is 721 g/mol. The fraction of sp³-hybridized carbons (Fsp3) is 0.0938. The maximum atomic E-state index is 12.5. The van der Waals surface area contributed by atoms with Crippen molar-refractivity contribution in [1.29, 1.82) is 0 Å². The summed E-state index contributed by atoms with van der Waals surface area (Å²) in [6, 6.07) is 23.5. The maximum Gasteiger partial charge on any atom is 0.179 e. The largest absolute Gasteiger partial charge is 0.396 e. The van der Waals surface area contributed by atoms with E-state index in [-0.39, 0.29) is 17.2 Å². The highest BCUT2D eigenvalue weighted by Gasteiger charge is 2.18. The topological polar surface area (TPSA) is 146 Å². The number of azo groups is 2. The van der Waals surface area contributed by atoms with Crippen LogP contribution in [-0.4, -0.2) is 27.4 Å². The van der Waals surface area contributed by atoms with Gasteiger partial charge in [0.05, 0.1) is 33.4 Å². The van der Waals surface area contributed by atoms with Gasteiger partial charge in [0.25, 0.3) is 0 Å². The van der Waals surface area contributed by atoms with Crippen molar-refractivity contribution < 1.29 is 8.42 Å². The van der Waals surface area contributed by atoms with Crippen molar-refractivity contribution in [3.63, 3.8) is 0 Å². The number of hydrogen-bond donors (Lipinski definition) is 7. The number of nitrogens with two attached hydrogens (primary N) is 1. The molecule has 0 aliphatic carbocycles. The molecule has 16 heteroatoms. The summed E-state index contributed by atoms with van der Waals surface area (Å²) in [5.41, 5.74) is 11.5. The van der Waals surface area contributed by atoms with Crippen LogP contribution in [-0.2, 0) is 9.84 Å². The van der Waals surface area contributed by atoms with Crippen molar-refractivity contribution in [2.45, 2.75) is 31.4 Å². The molecule has 0 heterocycles. The quantitative estimate of drug-likeness (QED) is 0.0222. The fourth-order valence-electron chi connectivity index (χ4n) is 4.61. The molecule has 0 aliphatic rings. The van der Waals surface area contributed by atoms with E-state index in [1.54, 1.807) is 6.07 Å². The lowest BCUT2D eigenvalue weighted by atomic mass is 10.0. The van der Waals surface area contributed by atoms with E-state index in [1.165, 1.54) is 24.1 Å². The van der Waals surface area contributed by atoms with Crippen molar-refractivity contribution >= 4 is 130 Å². The smallest absolute Gasteiger partial charge is 0.179 e. The first-order chi connectivity index (χ1) is 23.0. The number of benzene rings is 5. The van der Waals surface area contributed by atoms with Crippen molar-refractivity contribution in [2.24, 2.45) is 25.4 Å². The van der Waals surface area contributed by atoms with Crippen LogP contribution in [0.5, 0.6) is 0 Å². The van der Waals surface area contributed by atoms with E-state index in [0.717, 1.165) is 27.2 Å². The zero-order valence-corrected chi connectivity index (χ0v) is 30.6. The second-order valence-electron chi connectivity index (χ2n) is 10.3. The van der Waals surface area contributed by atoms with Gasteiger partial charge in [-0.1, -0.05) is 12.8 Å². The molecule has 5 rings (SSSR count). The van der Waals surface area contributed by atoms with Gasteiger partial charge in [0.1, 0.15) is 11.4 Å². The Morgan fingerprint density at radius 3 is 2.10 bits per heavy atom. The standard InChI is InChI=1S/C32H30N8O2S6/c1-18-29-19(16-28(45)32(30(29)33)39-37-25-12-11-24(17-26(25)43)48(41,42)14-13-35-46)15-27(44)31(18)38-36-21-7-9-23(10-8-21)47-40-22-5-3-20(34-2)4-6-22/h3-12,15-17,35,40,43-46H,2,13-14,33H2,1H3. The van der Waals surface area contributed by atoms with Crippen LogP contribution in [0.2, 0.25) is 0 Å². The minimum Gasteiger partial charge on any atom is -0.396 e. The summed E-state index contributed by atoms with van der Waals surface area (Å²) in [5.74, 6) is -0.106. The molecule has 0 bridgehead atoms.